The Morgan fingerprint density at radius 2 is 1.90 bits per heavy atom. The van der Waals surface area contributed by atoms with Gasteiger partial charge in [0.2, 0.25) is 0 Å². The van der Waals surface area contributed by atoms with Gasteiger partial charge in [-0.1, -0.05) is 25.7 Å². The molecule has 0 amide bonds. The lowest BCUT2D eigenvalue weighted by molar-refractivity contribution is 0.400. The number of tetrazole rings is 1. The molecule has 0 spiro atoms. The summed E-state index contributed by atoms with van der Waals surface area (Å²) >= 11 is 3.41. The van der Waals surface area contributed by atoms with E-state index in [0.717, 1.165) is 28.7 Å². The number of hydrogen-bond acceptors (Lipinski definition) is 4. The maximum Gasteiger partial charge on any atom is 0.182 e. The molecule has 106 valence electrons. The van der Waals surface area contributed by atoms with Crippen molar-refractivity contribution >= 4 is 21.6 Å². The Bertz CT molecular complexity index is 587. The summed E-state index contributed by atoms with van der Waals surface area (Å²) in [6.45, 7) is 0. The van der Waals surface area contributed by atoms with Crippen LogP contribution in [0.2, 0.25) is 0 Å². The Morgan fingerprint density at radius 1 is 1.15 bits per heavy atom. The number of halogens is 1. The third-order valence-electron chi connectivity index (χ3n) is 3.92. The number of benzene rings is 1. The van der Waals surface area contributed by atoms with Crippen molar-refractivity contribution in [1.82, 2.24) is 20.2 Å². The van der Waals surface area contributed by atoms with Crippen LogP contribution in [0.5, 0.6) is 0 Å². The fourth-order valence-corrected chi connectivity index (χ4v) is 3.06. The molecule has 0 saturated heterocycles. The number of nitrogens with two attached hydrogens (primary N) is 1. The van der Waals surface area contributed by atoms with Crippen LogP contribution in [0.15, 0.2) is 22.7 Å². The van der Waals surface area contributed by atoms with Gasteiger partial charge in [0.15, 0.2) is 5.82 Å². The van der Waals surface area contributed by atoms with Crippen LogP contribution in [0.25, 0.3) is 11.4 Å². The highest BCUT2D eigenvalue weighted by molar-refractivity contribution is 9.10. The van der Waals surface area contributed by atoms with Crippen molar-refractivity contribution in [3.8, 4) is 11.4 Å². The molecule has 1 heterocycles. The molecule has 1 aromatic carbocycles. The van der Waals surface area contributed by atoms with Crippen LogP contribution in [-0.2, 0) is 0 Å². The minimum absolute atomic E-state index is 0.410. The molecule has 0 aliphatic heterocycles. The Kier molecular flexibility index (Phi) is 4.00. The van der Waals surface area contributed by atoms with Gasteiger partial charge >= 0.3 is 0 Å². The maximum atomic E-state index is 5.96. The van der Waals surface area contributed by atoms with Crippen LogP contribution in [0.3, 0.4) is 0 Å². The molecule has 1 aliphatic carbocycles. The molecule has 0 bridgehead atoms. The third-order valence-corrected chi connectivity index (χ3v) is 4.64. The van der Waals surface area contributed by atoms with Crippen LogP contribution in [0.4, 0.5) is 5.69 Å². The third kappa shape index (κ3) is 2.70. The van der Waals surface area contributed by atoms with E-state index in [4.69, 9.17) is 5.73 Å². The number of anilines is 1. The topological polar surface area (TPSA) is 69.6 Å². The average molecular weight is 336 g/mol. The van der Waals surface area contributed by atoms with Crippen molar-refractivity contribution in [1.29, 1.82) is 0 Å². The number of aromatic nitrogens is 4. The molecule has 1 aromatic heterocycles. The average Bonchev–Trinajstić information content (AvgIpc) is 2.77. The van der Waals surface area contributed by atoms with Crippen LogP contribution in [0.1, 0.15) is 44.6 Å². The fourth-order valence-electron chi connectivity index (χ4n) is 2.81. The van der Waals surface area contributed by atoms with Gasteiger partial charge in [-0.15, -0.1) is 5.10 Å². The van der Waals surface area contributed by atoms with Gasteiger partial charge in [-0.05, 0) is 57.4 Å². The van der Waals surface area contributed by atoms with E-state index in [2.05, 4.69) is 31.5 Å². The zero-order chi connectivity index (χ0) is 13.9. The van der Waals surface area contributed by atoms with Crippen LogP contribution in [-0.4, -0.2) is 20.2 Å². The van der Waals surface area contributed by atoms with Gasteiger partial charge in [0.25, 0.3) is 0 Å². The largest absolute Gasteiger partial charge is 0.398 e. The zero-order valence-corrected chi connectivity index (χ0v) is 12.9. The molecule has 1 saturated carbocycles. The van der Waals surface area contributed by atoms with Crippen molar-refractivity contribution < 1.29 is 0 Å². The van der Waals surface area contributed by atoms with Gasteiger partial charge in [-0.25, -0.2) is 4.68 Å². The molecular formula is C14H18BrN5. The van der Waals surface area contributed by atoms with Crippen molar-refractivity contribution in [2.75, 3.05) is 5.73 Å². The quantitative estimate of drug-likeness (QED) is 0.672. The molecule has 6 heteroatoms. The van der Waals surface area contributed by atoms with Crippen molar-refractivity contribution in [2.45, 2.75) is 44.6 Å². The minimum Gasteiger partial charge on any atom is -0.398 e. The predicted molar refractivity (Wildman–Crippen MR) is 82.1 cm³/mol. The molecule has 2 aromatic rings. The highest BCUT2D eigenvalue weighted by Crippen LogP contribution is 2.31. The highest BCUT2D eigenvalue weighted by Gasteiger charge is 2.20. The molecular weight excluding hydrogens is 318 g/mol. The summed E-state index contributed by atoms with van der Waals surface area (Å²) in [6.07, 6.45) is 7.46. The first-order chi connectivity index (χ1) is 9.75. The van der Waals surface area contributed by atoms with Gasteiger partial charge in [0, 0.05) is 15.7 Å². The molecule has 0 atom stereocenters. The number of nitrogen functional groups attached to an aromatic ring is 1. The van der Waals surface area contributed by atoms with E-state index < -0.39 is 0 Å². The van der Waals surface area contributed by atoms with Crippen molar-refractivity contribution in [3.63, 3.8) is 0 Å². The van der Waals surface area contributed by atoms with Gasteiger partial charge in [0.05, 0.1) is 6.04 Å². The number of hydrogen-bond donors (Lipinski definition) is 1. The Morgan fingerprint density at radius 3 is 2.60 bits per heavy atom. The van der Waals surface area contributed by atoms with Crippen molar-refractivity contribution in [2.24, 2.45) is 0 Å². The molecule has 3 rings (SSSR count). The normalized spacial score (nSPS) is 17.1. The van der Waals surface area contributed by atoms with Crippen LogP contribution < -0.4 is 5.73 Å². The zero-order valence-electron chi connectivity index (χ0n) is 11.3. The SMILES string of the molecule is Nc1cc(-c2nnnn2C2CCCCCC2)ccc1Br. The second-order valence-electron chi connectivity index (χ2n) is 5.33. The molecule has 1 aliphatic rings. The lowest BCUT2D eigenvalue weighted by Gasteiger charge is -2.15. The minimum atomic E-state index is 0.410. The van der Waals surface area contributed by atoms with E-state index in [9.17, 15) is 0 Å². The smallest absolute Gasteiger partial charge is 0.182 e. The molecule has 2 N–H and O–H groups in total. The standard InChI is InChI=1S/C14H18BrN5/c15-12-8-7-10(9-13(12)16)14-17-18-19-20(14)11-5-3-1-2-4-6-11/h7-9,11H,1-6,16H2. The first-order valence-corrected chi connectivity index (χ1v) is 7.88. The number of rotatable bonds is 2. The van der Waals surface area contributed by atoms with Gasteiger partial charge in [0.1, 0.15) is 0 Å². The predicted octanol–water partition coefficient (Wildman–Crippen LogP) is 3.58. The lowest BCUT2D eigenvalue weighted by atomic mass is 10.1. The van der Waals surface area contributed by atoms with Gasteiger partial charge in [-0.3, -0.25) is 0 Å². The van der Waals surface area contributed by atoms with Crippen LogP contribution >= 0.6 is 15.9 Å². The molecule has 20 heavy (non-hydrogen) atoms. The van der Waals surface area contributed by atoms with E-state index >= 15 is 0 Å². The Balaban J connectivity index is 1.94. The second-order valence-corrected chi connectivity index (χ2v) is 6.18. The second kappa shape index (κ2) is 5.91. The van der Waals surface area contributed by atoms with E-state index in [1.54, 1.807) is 0 Å². The highest BCUT2D eigenvalue weighted by atomic mass is 79.9. The van der Waals surface area contributed by atoms with Crippen LogP contribution in [0, 0.1) is 0 Å². The van der Waals surface area contributed by atoms with E-state index in [-0.39, 0.29) is 0 Å². The van der Waals surface area contributed by atoms with Crippen molar-refractivity contribution in [3.05, 3.63) is 22.7 Å². The maximum absolute atomic E-state index is 5.96. The molecule has 1 fully saturated rings. The summed E-state index contributed by atoms with van der Waals surface area (Å²) in [7, 11) is 0. The fraction of sp³-hybridized carbons (Fsp3) is 0.500. The summed E-state index contributed by atoms with van der Waals surface area (Å²) in [5, 5.41) is 12.3. The summed E-state index contributed by atoms with van der Waals surface area (Å²) in [6, 6.07) is 6.27. The van der Waals surface area contributed by atoms with E-state index in [1.807, 2.05) is 22.9 Å². The first kappa shape index (κ1) is 13.5. The van der Waals surface area contributed by atoms with Gasteiger partial charge < -0.3 is 5.73 Å². The monoisotopic (exact) mass is 335 g/mol. The van der Waals surface area contributed by atoms with E-state index in [1.165, 1.54) is 25.7 Å². The molecule has 0 radical (unpaired) electrons. The summed E-state index contributed by atoms with van der Waals surface area (Å²) in [5.41, 5.74) is 7.63. The summed E-state index contributed by atoms with van der Waals surface area (Å²) in [5.74, 6) is 0.816. The summed E-state index contributed by atoms with van der Waals surface area (Å²) in [4.78, 5) is 0. The summed E-state index contributed by atoms with van der Waals surface area (Å²) < 4.78 is 2.88. The number of nitrogens with zero attached hydrogens (tertiary/aromatic N) is 4. The van der Waals surface area contributed by atoms with Gasteiger partial charge in [-0.2, -0.15) is 0 Å². The Hall–Kier alpha value is -1.43. The molecule has 5 nitrogen and oxygen atoms in total. The molecule has 0 unspecified atom stereocenters. The Labute approximate surface area is 126 Å². The lowest BCUT2D eigenvalue weighted by Crippen LogP contribution is -2.11. The first-order valence-electron chi connectivity index (χ1n) is 7.09. The van der Waals surface area contributed by atoms with E-state index in [0.29, 0.717) is 11.7 Å².